The number of benzene rings is 2. The Morgan fingerprint density at radius 3 is 2.45 bits per heavy atom. The number of nitrogens with zero attached hydrogens (tertiary/aromatic N) is 1. The van der Waals surface area contributed by atoms with Gasteiger partial charge in [0.15, 0.2) is 0 Å². The second kappa shape index (κ2) is 6.29. The van der Waals surface area contributed by atoms with E-state index in [0.717, 1.165) is 11.3 Å². The SMILES string of the molecule is CCN(C(=O)c1ccc(Cl)cc1Cl)c1ccccc1C. The van der Waals surface area contributed by atoms with Crippen LogP contribution >= 0.6 is 23.2 Å². The zero-order valence-corrected chi connectivity index (χ0v) is 12.9. The number of carbonyl (C=O) groups excluding carboxylic acids is 1. The maximum atomic E-state index is 12.7. The van der Waals surface area contributed by atoms with E-state index < -0.39 is 0 Å². The lowest BCUT2D eigenvalue weighted by molar-refractivity contribution is 0.0988. The molecule has 0 unspecified atom stereocenters. The molecule has 0 aliphatic heterocycles. The lowest BCUT2D eigenvalue weighted by Gasteiger charge is -2.23. The maximum absolute atomic E-state index is 12.7. The van der Waals surface area contributed by atoms with Gasteiger partial charge in [0.2, 0.25) is 0 Å². The van der Waals surface area contributed by atoms with Crippen molar-refractivity contribution in [1.82, 2.24) is 0 Å². The summed E-state index contributed by atoms with van der Waals surface area (Å²) in [6.07, 6.45) is 0. The maximum Gasteiger partial charge on any atom is 0.259 e. The minimum absolute atomic E-state index is 0.122. The lowest BCUT2D eigenvalue weighted by atomic mass is 10.1. The van der Waals surface area contributed by atoms with E-state index in [-0.39, 0.29) is 5.91 Å². The van der Waals surface area contributed by atoms with Gasteiger partial charge in [-0.05, 0) is 43.7 Å². The van der Waals surface area contributed by atoms with Crippen LogP contribution in [-0.4, -0.2) is 12.5 Å². The molecule has 0 N–H and O–H groups in total. The Balaban J connectivity index is 2.42. The summed E-state index contributed by atoms with van der Waals surface area (Å²) in [5, 5.41) is 0.889. The van der Waals surface area contributed by atoms with E-state index >= 15 is 0 Å². The van der Waals surface area contributed by atoms with Gasteiger partial charge in [0.25, 0.3) is 5.91 Å². The van der Waals surface area contributed by atoms with Crippen molar-refractivity contribution < 1.29 is 4.79 Å². The molecule has 2 aromatic carbocycles. The molecular weight excluding hydrogens is 293 g/mol. The van der Waals surface area contributed by atoms with E-state index in [2.05, 4.69) is 0 Å². The Hall–Kier alpha value is -1.51. The number of rotatable bonds is 3. The van der Waals surface area contributed by atoms with Crippen molar-refractivity contribution in [1.29, 1.82) is 0 Å². The Kier molecular flexibility index (Phi) is 4.69. The third kappa shape index (κ3) is 2.97. The molecule has 0 saturated heterocycles. The molecule has 0 bridgehead atoms. The van der Waals surface area contributed by atoms with Crippen molar-refractivity contribution in [3.05, 3.63) is 63.6 Å². The van der Waals surface area contributed by atoms with Gasteiger partial charge in [-0.2, -0.15) is 0 Å². The molecule has 4 heteroatoms. The number of amides is 1. The summed E-state index contributed by atoms with van der Waals surface area (Å²) in [4.78, 5) is 14.4. The molecule has 0 fully saturated rings. The van der Waals surface area contributed by atoms with Gasteiger partial charge in [0.1, 0.15) is 0 Å². The summed E-state index contributed by atoms with van der Waals surface area (Å²) >= 11 is 12.0. The highest BCUT2D eigenvalue weighted by molar-refractivity contribution is 6.37. The van der Waals surface area contributed by atoms with Gasteiger partial charge < -0.3 is 4.90 Å². The van der Waals surface area contributed by atoms with Gasteiger partial charge in [0.05, 0.1) is 10.6 Å². The predicted molar refractivity (Wildman–Crippen MR) is 85.0 cm³/mol. The fourth-order valence-electron chi connectivity index (χ4n) is 2.10. The van der Waals surface area contributed by atoms with Gasteiger partial charge in [0, 0.05) is 17.3 Å². The molecule has 0 aliphatic carbocycles. The normalized spacial score (nSPS) is 10.4. The number of hydrogen-bond acceptors (Lipinski definition) is 1. The Labute approximate surface area is 128 Å². The van der Waals surface area contributed by atoms with Crippen LogP contribution in [0.2, 0.25) is 10.0 Å². The van der Waals surface area contributed by atoms with Gasteiger partial charge in [-0.1, -0.05) is 41.4 Å². The van der Waals surface area contributed by atoms with Crippen molar-refractivity contribution >= 4 is 34.8 Å². The Morgan fingerprint density at radius 1 is 1.15 bits per heavy atom. The largest absolute Gasteiger partial charge is 0.308 e. The van der Waals surface area contributed by atoms with Crippen LogP contribution in [0.25, 0.3) is 0 Å². The second-order valence-electron chi connectivity index (χ2n) is 4.46. The van der Waals surface area contributed by atoms with Crippen LogP contribution in [0.5, 0.6) is 0 Å². The van der Waals surface area contributed by atoms with Gasteiger partial charge >= 0.3 is 0 Å². The van der Waals surface area contributed by atoms with Crippen molar-refractivity contribution in [3.63, 3.8) is 0 Å². The smallest absolute Gasteiger partial charge is 0.259 e. The highest BCUT2D eigenvalue weighted by Crippen LogP contribution is 2.26. The Bertz CT molecular complexity index is 640. The minimum atomic E-state index is -0.122. The average molecular weight is 308 g/mol. The molecule has 1 amide bonds. The third-order valence-electron chi connectivity index (χ3n) is 3.13. The molecule has 2 nitrogen and oxygen atoms in total. The van der Waals surface area contributed by atoms with E-state index in [0.29, 0.717) is 22.2 Å². The molecule has 0 aliphatic rings. The van der Waals surface area contributed by atoms with Crippen molar-refractivity contribution in [2.75, 3.05) is 11.4 Å². The summed E-state index contributed by atoms with van der Waals surface area (Å²) in [6, 6.07) is 12.7. The van der Waals surface area contributed by atoms with Gasteiger partial charge in [-0.3, -0.25) is 4.79 Å². The molecule has 20 heavy (non-hydrogen) atoms. The summed E-state index contributed by atoms with van der Waals surface area (Å²) in [5.74, 6) is -0.122. The van der Waals surface area contributed by atoms with Crippen molar-refractivity contribution in [2.45, 2.75) is 13.8 Å². The highest BCUT2D eigenvalue weighted by Gasteiger charge is 2.19. The molecule has 0 saturated carbocycles. The number of halogens is 2. The molecule has 2 rings (SSSR count). The fourth-order valence-corrected chi connectivity index (χ4v) is 2.59. The second-order valence-corrected chi connectivity index (χ2v) is 5.30. The standard InChI is InChI=1S/C16H15Cl2NO/c1-3-19(15-7-5-4-6-11(15)2)16(20)13-9-8-12(17)10-14(13)18/h4-10H,3H2,1-2H3. The van der Waals surface area contributed by atoms with Crippen LogP contribution in [0.3, 0.4) is 0 Å². The van der Waals surface area contributed by atoms with Crippen LogP contribution < -0.4 is 4.90 Å². The number of anilines is 1. The zero-order chi connectivity index (χ0) is 14.7. The summed E-state index contributed by atoms with van der Waals surface area (Å²) in [5.41, 5.74) is 2.40. The van der Waals surface area contributed by atoms with Gasteiger partial charge in [-0.15, -0.1) is 0 Å². The molecule has 104 valence electrons. The van der Waals surface area contributed by atoms with E-state index in [1.807, 2.05) is 38.1 Å². The zero-order valence-electron chi connectivity index (χ0n) is 11.4. The van der Waals surface area contributed by atoms with Crippen LogP contribution in [0.1, 0.15) is 22.8 Å². The van der Waals surface area contributed by atoms with Crippen molar-refractivity contribution in [2.24, 2.45) is 0 Å². The van der Waals surface area contributed by atoms with E-state index in [1.54, 1.807) is 23.1 Å². The molecule has 0 aromatic heterocycles. The molecule has 0 spiro atoms. The first-order valence-corrected chi connectivity index (χ1v) is 7.12. The number of para-hydroxylation sites is 1. The molecule has 0 atom stereocenters. The number of carbonyl (C=O) groups is 1. The number of hydrogen-bond donors (Lipinski definition) is 0. The first-order chi connectivity index (χ1) is 9.54. The third-order valence-corrected chi connectivity index (χ3v) is 3.68. The van der Waals surface area contributed by atoms with E-state index in [4.69, 9.17) is 23.2 Å². The van der Waals surface area contributed by atoms with E-state index in [1.165, 1.54) is 0 Å². The van der Waals surface area contributed by atoms with E-state index in [9.17, 15) is 4.79 Å². The predicted octanol–water partition coefficient (Wildman–Crippen LogP) is 4.97. The van der Waals surface area contributed by atoms with Crippen LogP contribution in [0, 0.1) is 6.92 Å². The first kappa shape index (κ1) is 14.9. The average Bonchev–Trinajstić information content (AvgIpc) is 2.41. The van der Waals surface area contributed by atoms with Crippen LogP contribution in [0.4, 0.5) is 5.69 Å². The topological polar surface area (TPSA) is 20.3 Å². The monoisotopic (exact) mass is 307 g/mol. The first-order valence-electron chi connectivity index (χ1n) is 6.37. The van der Waals surface area contributed by atoms with Crippen LogP contribution in [-0.2, 0) is 0 Å². The minimum Gasteiger partial charge on any atom is -0.308 e. The summed E-state index contributed by atoms with van der Waals surface area (Å²) in [7, 11) is 0. The molecular formula is C16H15Cl2NO. The summed E-state index contributed by atoms with van der Waals surface area (Å²) < 4.78 is 0. The lowest BCUT2D eigenvalue weighted by Crippen LogP contribution is -2.31. The Morgan fingerprint density at radius 2 is 1.85 bits per heavy atom. The highest BCUT2D eigenvalue weighted by atomic mass is 35.5. The van der Waals surface area contributed by atoms with Gasteiger partial charge in [-0.25, -0.2) is 0 Å². The molecule has 0 heterocycles. The fraction of sp³-hybridized carbons (Fsp3) is 0.188. The number of aryl methyl sites for hydroxylation is 1. The quantitative estimate of drug-likeness (QED) is 0.784. The van der Waals surface area contributed by atoms with Crippen LogP contribution in [0.15, 0.2) is 42.5 Å². The summed E-state index contributed by atoms with van der Waals surface area (Å²) in [6.45, 7) is 4.49. The molecule has 0 radical (unpaired) electrons. The van der Waals surface area contributed by atoms with Crippen molar-refractivity contribution in [3.8, 4) is 0 Å². The molecule has 2 aromatic rings.